The molecule has 0 spiro atoms. The van der Waals surface area contributed by atoms with Gasteiger partial charge in [-0.3, -0.25) is 0 Å². The Balaban J connectivity index is 1.94. The van der Waals surface area contributed by atoms with Gasteiger partial charge in [-0.15, -0.1) is 11.3 Å². The standard InChI is InChI=1S/C13H8ClN3O2S/c14-9-5-15-12(4-8(9)13(18)19)17-7-1-2-10-11(3-7)20-6-16-10/h1-6H,(H,15,17)(H,18,19). The van der Waals surface area contributed by atoms with Crippen molar-refractivity contribution in [1.82, 2.24) is 9.97 Å². The van der Waals surface area contributed by atoms with Gasteiger partial charge in [0.15, 0.2) is 0 Å². The Labute approximate surface area is 122 Å². The van der Waals surface area contributed by atoms with Crippen molar-refractivity contribution >= 4 is 50.6 Å². The van der Waals surface area contributed by atoms with Crippen LogP contribution in [0.3, 0.4) is 0 Å². The molecule has 0 aliphatic carbocycles. The molecule has 1 aromatic carbocycles. The Bertz CT molecular complexity index is 803. The van der Waals surface area contributed by atoms with Gasteiger partial charge < -0.3 is 10.4 Å². The lowest BCUT2D eigenvalue weighted by molar-refractivity contribution is 0.0697. The molecule has 3 rings (SSSR count). The number of benzene rings is 1. The number of halogens is 1. The first-order valence-corrected chi connectivity index (χ1v) is 6.88. The largest absolute Gasteiger partial charge is 0.478 e. The average molecular weight is 306 g/mol. The highest BCUT2D eigenvalue weighted by Gasteiger charge is 2.10. The predicted molar refractivity (Wildman–Crippen MR) is 79.1 cm³/mol. The third-order valence-electron chi connectivity index (χ3n) is 2.69. The summed E-state index contributed by atoms with van der Waals surface area (Å²) in [6.45, 7) is 0. The minimum Gasteiger partial charge on any atom is -0.478 e. The monoisotopic (exact) mass is 305 g/mol. The zero-order valence-electron chi connectivity index (χ0n) is 10.0. The van der Waals surface area contributed by atoms with E-state index in [4.69, 9.17) is 16.7 Å². The number of fused-ring (bicyclic) bond motifs is 1. The number of carboxylic acid groups (broad SMARTS) is 1. The molecule has 0 atom stereocenters. The Hall–Kier alpha value is -2.18. The number of pyridine rings is 1. The molecule has 7 heteroatoms. The van der Waals surface area contributed by atoms with Crippen molar-refractivity contribution in [3.05, 3.63) is 46.6 Å². The number of hydrogen-bond donors (Lipinski definition) is 2. The van der Waals surface area contributed by atoms with Crippen molar-refractivity contribution < 1.29 is 9.90 Å². The smallest absolute Gasteiger partial charge is 0.337 e. The van der Waals surface area contributed by atoms with E-state index in [2.05, 4.69) is 15.3 Å². The molecule has 0 saturated heterocycles. The van der Waals surface area contributed by atoms with E-state index in [1.54, 1.807) is 5.51 Å². The number of carbonyl (C=O) groups is 1. The fourth-order valence-corrected chi connectivity index (χ4v) is 2.65. The zero-order chi connectivity index (χ0) is 14.1. The molecule has 20 heavy (non-hydrogen) atoms. The molecule has 100 valence electrons. The van der Waals surface area contributed by atoms with Gasteiger partial charge in [0.2, 0.25) is 0 Å². The maximum atomic E-state index is 11.0. The van der Waals surface area contributed by atoms with Gasteiger partial charge in [-0.2, -0.15) is 0 Å². The molecule has 2 aromatic heterocycles. The van der Waals surface area contributed by atoms with Crippen LogP contribution in [0, 0.1) is 0 Å². The molecular formula is C13H8ClN3O2S. The number of carboxylic acids is 1. The molecule has 0 aliphatic rings. The highest BCUT2D eigenvalue weighted by atomic mass is 35.5. The van der Waals surface area contributed by atoms with Gasteiger partial charge in [0, 0.05) is 11.9 Å². The van der Waals surface area contributed by atoms with Crippen LogP contribution in [0.25, 0.3) is 10.2 Å². The second-order valence-corrected chi connectivity index (χ2v) is 5.31. The highest BCUT2D eigenvalue weighted by Crippen LogP contribution is 2.25. The first-order valence-electron chi connectivity index (χ1n) is 5.62. The van der Waals surface area contributed by atoms with Crippen LogP contribution in [0.4, 0.5) is 11.5 Å². The van der Waals surface area contributed by atoms with Crippen LogP contribution in [-0.2, 0) is 0 Å². The summed E-state index contributed by atoms with van der Waals surface area (Å²) in [4.78, 5) is 19.3. The number of thiazole rings is 1. The highest BCUT2D eigenvalue weighted by molar-refractivity contribution is 7.16. The third kappa shape index (κ3) is 2.43. The molecule has 0 radical (unpaired) electrons. The molecule has 0 saturated carbocycles. The van der Waals surface area contributed by atoms with E-state index in [1.807, 2.05) is 18.2 Å². The molecule has 2 heterocycles. The van der Waals surface area contributed by atoms with Gasteiger partial charge in [0.25, 0.3) is 0 Å². The number of nitrogens with one attached hydrogen (secondary N) is 1. The van der Waals surface area contributed by atoms with E-state index >= 15 is 0 Å². The lowest BCUT2D eigenvalue weighted by atomic mass is 10.2. The minimum absolute atomic E-state index is 0.0167. The van der Waals surface area contributed by atoms with Crippen molar-refractivity contribution in [2.75, 3.05) is 5.32 Å². The molecule has 2 N–H and O–H groups in total. The average Bonchev–Trinajstić information content (AvgIpc) is 2.88. The maximum Gasteiger partial charge on any atom is 0.337 e. The van der Waals surface area contributed by atoms with Crippen LogP contribution in [0.2, 0.25) is 5.02 Å². The Kier molecular flexibility index (Phi) is 3.25. The quantitative estimate of drug-likeness (QED) is 0.770. The number of anilines is 2. The van der Waals surface area contributed by atoms with Crippen molar-refractivity contribution in [2.24, 2.45) is 0 Å². The Morgan fingerprint density at radius 3 is 2.95 bits per heavy atom. The van der Waals surface area contributed by atoms with Crippen molar-refractivity contribution in [3.63, 3.8) is 0 Å². The van der Waals surface area contributed by atoms with Gasteiger partial charge in [0.1, 0.15) is 5.82 Å². The molecule has 0 fully saturated rings. The minimum atomic E-state index is -1.08. The number of nitrogens with zero attached hydrogens (tertiary/aromatic N) is 2. The fraction of sp³-hybridized carbons (Fsp3) is 0. The lowest BCUT2D eigenvalue weighted by Crippen LogP contribution is -2.01. The van der Waals surface area contributed by atoms with Crippen molar-refractivity contribution in [1.29, 1.82) is 0 Å². The van der Waals surface area contributed by atoms with Crippen molar-refractivity contribution in [3.8, 4) is 0 Å². The van der Waals surface area contributed by atoms with Gasteiger partial charge in [-0.1, -0.05) is 11.6 Å². The van der Waals surface area contributed by atoms with Crippen LogP contribution >= 0.6 is 22.9 Å². The molecule has 3 aromatic rings. The van der Waals surface area contributed by atoms with Crippen molar-refractivity contribution in [2.45, 2.75) is 0 Å². The third-order valence-corrected chi connectivity index (χ3v) is 3.78. The van der Waals surface area contributed by atoms with Crippen LogP contribution in [0.1, 0.15) is 10.4 Å². The predicted octanol–water partition coefficient (Wildman–Crippen LogP) is 3.79. The van der Waals surface area contributed by atoms with E-state index in [0.29, 0.717) is 5.82 Å². The fourth-order valence-electron chi connectivity index (χ4n) is 1.75. The second kappa shape index (κ2) is 5.07. The summed E-state index contributed by atoms with van der Waals surface area (Å²) >= 11 is 7.32. The van der Waals surface area contributed by atoms with E-state index in [0.717, 1.165) is 15.9 Å². The Morgan fingerprint density at radius 2 is 2.15 bits per heavy atom. The second-order valence-electron chi connectivity index (χ2n) is 4.01. The van der Waals surface area contributed by atoms with Gasteiger partial charge in [-0.05, 0) is 24.3 Å². The van der Waals surface area contributed by atoms with E-state index in [-0.39, 0.29) is 10.6 Å². The van der Waals surface area contributed by atoms with Gasteiger partial charge >= 0.3 is 5.97 Å². The van der Waals surface area contributed by atoms with E-state index < -0.39 is 5.97 Å². The number of rotatable bonds is 3. The zero-order valence-corrected chi connectivity index (χ0v) is 11.6. The summed E-state index contributed by atoms with van der Waals surface area (Å²) < 4.78 is 1.04. The maximum absolute atomic E-state index is 11.0. The normalized spacial score (nSPS) is 10.7. The first-order chi connectivity index (χ1) is 9.63. The molecule has 0 bridgehead atoms. The summed E-state index contributed by atoms with van der Waals surface area (Å²) in [5, 5.41) is 12.2. The Morgan fingerprint density at radius 1 is 1.30 bits per heavy atom. The van der Waals surface area contributed by atoms with Crippen LogP contribution in [0.15, 0.2) is 36.0 Å². The molecular weight excluding hydrogens is 298 g/mol. The molecule has 0 aliphatic heterocycles. The molecule has 5 nitrogen and oxygen atoms in total. The van der Waals surface area contributed by atoms with Crippen LogP contribution in [-0.4, -0.2) is 21.0 Å². The van der Waals surface area contributed by atoms with Gasteiger partial charge in [0.05, 0.1) is 26.3 Å². The summed E-state index contributed by atoms with van der Waals surface area (Å²) in [5.41, 5.74) is 3.53. The lowest BCUT2D eigenvalue weighted by Gasteiger charge is -2.07. The van der Waals surface area contributed by atoms with Crippen LogP contribution < -0.4 is 5.32 Å². The summed E-state index contributed by atoms with van der Waals surface area (Å²) in [5.74, 6) is -0.658. The summed E-state index contributed by atoms with van der Waals surface area (Å²) in [6.07, 6.45) is 1.32. The summed E-state index contributed by atoms with van der Waals surface area (Å²) in [7, 11) is 0. The number of aromatic nitrogens is 2. The number of hydrogen-bond acceptors (Lipinski definition) is 5. The van der Waals surface area contributed by atoms with Crippen LogP contribution in [0.5, 0.6) is 0 Å². The SMILES string of the molecule is O=C(O)c1cc(Nc2ccc3ncsc3c2)ncc1Cl. The summed E-state index contributed by atoms with van der Waals surface area (Å²) in [6, 6.07) is 7.09. The van der Waals surface area contributed by atoms with E-state index in [9.17, 15) is 4.79 Å². The van der Waals surface area contributed by atoms with Gasteiger partial charge in [-0.25, -0.2) is 14.8 Å². The molecule has 0 amide bonds. The topological polar surface area (TPSA) is 75.1 Å². The van der Waals surface area contributed by atoms with E-state index in [1.165, 1.54) is 23.6 Å². The molecule has 0 unspecified atom stereocenters. The first kappa shape index (κ1) is 12.8. The number of aromatic carboxylic acids is 1.